The predicted octanol–water partition coefficient (Wildman–Crippen LogP) is 5.11. The Morgan fingerprint density at radius 2 is 1.88 bits per heavy atom. The third kappa shape index (κ3) is 3.66. The number of benzene rings is 2. The minimum absolute atomic E-state index is 0.219. The standard InChI is InChI=1S/C19H18ClN3O/c1-12(2)14-4-3-5-16(10-14)21-19(24)18-11-17(22-23-18)13-6-8-15(20)9-7-13/h3-12H,1-2H3,(H,21,24)(H,22,23). The summed E-state index contributed by atoms with van der Waals surface area (Å²) < 4.78 is 0. The molecular formula is C19H18ClN3O. The van der Waals surface area contributed by atoms with Gasteiger partial charge in [0.2, 0.25) is 0 Å². The van der Waals surface area contributed by atoms with E-state index in [-0.39, 0.29) is 5.91 Å². The number of rotatable bonds is 4. The van der Waals surface area contributed by atoms with Gasteiger partial charge in [-0.15, -0.1) is 0 Å². The maximum Gasteiger partial charge on any atom is 0.273 e. The number of hydrogen-bond donors (Lipinski definition) is 2. The summed E-state index contributed by atoms with van der Waals surface area (Å²) in [6.07, 6.45) is 0. The van der Waals surface area contributed by atoms with Gasteiger partial charge in [0.1, 0.15) is 5.69 Å². The van der Waals surface area contributed by atoms with E-state index >= 15 is 0 Å². The van der Waals surface area contributed by atoms with Gasteiger partial charge in [-0.25, -0.2) is 0 Å². The van der Waals surface area contributed by atoms with Gasteiger partial charge in [-0.3, -0.25) is 9.89 Å². The van der Waals surface area contributed by atoms with Crippen LogP contribution in [0, 0.1) is 0 Å². The number of anilines is 1. The molecule has 3 rings (SSSR count). The van der Waals surface area contributed by atoms with Crippen molar-refractivity contribution in [1.82, 2.24) is 10.2 Å². The summed E-state index contributed by atoms with van der Waals surface area (Å²) in [5.74, 6) is 0.189. The van der Waals surface area contributed by atoms with Crippen molar-refractivity contribution in [2.24, 2.45) is 0 Å². The molecule has 1 amide bonds. The molecule has 0 aliphatic heterocycles. The first-order valence-corrected chi connectivity index (χ1v) is 8.13. The van der Waals surface area contributed by atoms with E-state index in [1.165, 1.54) is 5.56 Å². The van der Waals surface area contributed by atoms with Crippen molar-refractivity contribution in [3.8, 4) is 11.3 Å². The van der Waals surface area contributed by atoms with Crippen molar-refractivity contribution in [3.05, 3.63) is 70.9 Å². The normalized spacial score (nSPS) is 10.8. The number of aromatic amines is 1. The molecule has 0 saturated carbocycles. The molecule has 0 saturated heterocycles. The number of nitrogens with zero attached hydrogens (tertiary/aromatic N) is 1. The van der Waals surface area contributed by atoms with Crippen molar-refractivity contribution in [3.63, 3.8) is 0 Å². The first kappa shape index (κ1) is 16.3. The third-order valence-electron chi connectivity index (χ3n) is 3.77. The molecule has 0 aliphatic carbocycles. The van der Waals surface area contributed by atoms with E-state index in [1.807, 2.05) is 30.3 Å². The molecule has 122 valence electrons. The molecule has 0 fully saturated rings. The Kier molecular flexibility index (Phi) is 4.67. The van der Waals surface area contributed by atoms with Gasteiger partial charge < -0.3 is 5.32 Å². The lowest BCUT2D eigenvalue weighted by molar-refractivity contribution is 0.102. The Morgan fingerprint density at radius 3 is 2.58 bits per heavy atom. The van der Waals surface area contributed by atoms with E-state index < -0.39 is 0 Å². The van der Waals surface area contributed by atoms with Gasteiger partial charge in [0.15, 0.2) is 0 Å². The molecule has 24 heavy (non-hydrogen) atoms. The van der Waals surface area contributed by atoms with Crippen LogP contribution in [0.25, 0.3) is 11.3 Å². The van der Waals surface area contributed by atoms with Crippen molar-refractivity contribution in [2.75, 3.05) is 5.32 Å². The molecule has 1 aromatic heterocycles. The van der Waals surface area contributed by atoms with E-state index in [9.17, 15) is 4.79 Å². The molecule has 5 heteroatoms. The number of amides is 1. The zero-order valence-electron chi connectivity index (χ0n) is 13.5. The van der Waals surface area contributed by atoms with Gasteiger partial charge in [0, 0.05) is 16.3 Å². The lowest BCUT2D eigenvalue weighted by atomic mass is 10.0. The number of nitrogens with one attached hydrogen (secondary N) is 2. The third-order valence-corrected chi connectivity index (χ3v) is 4.03. The molecule has 3 aromatic rings. The number of carbonyl (C=O) groups excluding carboxylic acids is 1. The SMILES string of the molecule is CC(C)c1cccc(NC(=O)c2cc(-c3ccc(Cl)cc3)n[nH]2)c1. The minimum Gasteiger partial charge on any atom is -0.321 e. The zero-order valence-corrected chi connectivity index (χ0v) is 14.3. The van der Waals surface area contributed by atoms with Crippen LogP contribution in [0.1, 0.15) is 35.8 Å². The van der Waals surface area contributed by atoms with E-state index in [4.69, 9.17) is 11.6 Å². The quantitative estimate of drug-likeness (QED) is 0.694. The Labute approximate surface area is 145 Å². The van der Waals surface area contributed by atoms with Crippen LogP contribution in [0.3, 0.4) is 0 Å². The van der Waals surface area contributed by atoms with Crippen molar-refractivity contribution < 1.29 is 4.79 Å². The minimum atomic E-state index is -0.219. The number of H-pyrrole nitrogens is 1. The fraction of sp³-hybridized carbons (Fsp3) is 0.158. The second-order valence-corrected chi connectivity index (χ2v) is 6.34. The molecule has 0 aliphatic rings. The maximum absolute atomic E-state index is 12.4. The molecule has 0 radical (unpaired) electrons. The fourth-order valence-corrected chi connectivity index (χ4v) is 2.51. The highest BCUT2D eigenvalue weighted by Gasteiger charge is 2.12. The molecular weight excluding hydrogens is 322 g/mol. The summed E-state index contributed by atoms with van der Waals surface area (Å²) in [7, 11) is 0. The number of carbonyl (C=O) groups is 1. The first-order chi connectivity index (χ1) is 11.5. The number of aromatic nitrogens is 2. The highest BCUT2D eigenvalue weighted by molar-refractivity contribution is 6.30. The Morgan fingerprint density at radius 1 is 1.12 bits per heavy atom. The van der Waals surface area contributed by atoms with E-state index in [2.05, 4.69) is 35.4 Å². The number of hydrogen-bond acceptors (Lipinski definition) is 2. The molecule has 2 N–H and O–H groups in total. The number of halogens is 1. The average Bonchev–Trinajstić information content (AvgIpc) is 3.06. The fourth-order valence-electron chi connectivity index (χ4n) is 2.38. The van der Waals surface area contributed by atoms with E-state index in [0.29, 0.717) is 22.3 Å². The summed E-state index contributed by atoms with van der Waals surface area (Å²) in [5.41, 5.74) is 3.97. The molecule has 0 atom stereocenters. The van der Waals surface area contributed by atoms with E-state index in [1.54, 1.807) is 18.2 Å². The van der Waals surface area contributed by atoms with Crippen molar-refractivity contribution in [2.45, 2.75) is 19.8 Å². The van der Waals surface area contributed by atoms with Gasteiger partial charge in [0.05, 0.1) is 5.69 Å². The molecule has 0 bridgehead atoms. The van der Waals surface area contributed by atoms with Crippen LogP contribution >= 0.6 is 11.6 Å². The van der Waals surface area contributed by atoms with Gasteiger partial charge in [-0.1, -0.05) is 49.7 Å². The summed E-state index contributed by atoms with van der Waals surface area (Å²) in [6.45, 7) is 4.24. The van der Waals surface area contributed by atoms with Crippen LogP contribution in [-0.2, 0) is 0 Å². The lowest BCUT2D eigenvalue weighted by Gasteiger charge is -2.08. The summed E-state index contributed by atoms with van der Waals surface area (Å²) in [4.78, 5) is 12.4. The van der Waals surface area contributed by atoms with Crippen LogP contribution in [0.5, 0.6) is 0 Å². The van der Waals surface area contributed by atoms with Crippen molar-refractivity contribution in [1.29, 1.82) is 0 Å². The summed E-state index contributed by atoms with van der Waals surface area (Å²) in [6, 6.07) is 16.9. The molecule has 1 heterocycles. The topological polar surface area (TPSA) is 57.8 Å². The first-order valence-electron chi connectivity index (χ1n) is 7.75. The monoisotopic (exact) mass is 339 g/mol. The second-order valence-electron chi connectivity index (χ2n) is 5.91. The van der Waals surface area contributed by atoms with Crippen LogP contribution in [-0.4, -0.2) is 16.1 Å². The molecule has 4 nitrogen and oxygen atoms in total. The van der Waals surface area contributed by atoms with Crippen LogP contribution < -0.4 is 5.32 Å². The lowest BCUT2D eigenvalue weighted by Crippen LogP contribution is -2.12. The second kappa shape index (κ2) is 6.89. The Bertz CT molecular complexity index is 853. The molecule has 2 aromatic carbocycles. The van der Waals surface area contributed by atoms with Crippen LogP contribution in [0.15, 0.2) is 54.6 Å². The van der Waals surface area contributed by atoms with Gasteiger partial charge in [-0.05, 0) is 41.8 Å². The van der Waals surface area contributed by atoms with Crippen LogP contribution in [0.2, 0.25) is 5.02 Å². The highest BCUT2D eigenvalue weighted by Crippen LogP contribution is 2.22. The highest BCUT2D eigenvalue weighted by atomic mass is 35.5. The zero-order chi connectivity index (χ0) is 17.1. The largest absolute Gasteiger partial charge is 0.321 e. The van der Waals surface area contributed by atoms with Gasteiger partial charge >= 0.3 is 0 Å². The Hall–Kier alpha value is -2.59. The van der Waals surface area contributed by atoms with Gasteiger partial charge in [0.25, 0.3) is 5.91 Å². The molecule has 0 unspecified atom stereocenters. The summed E-state index contributed by atoms with van der Waals surface area (Å²) >= 11 is 5.89. The van der Waals surface area contributed by atoms with Crippen molar-refractivity contribution >= 4 is 23.2 Å². The predicted molar refractivity (Wildman–Crippen MR) is 97.5 cm³/mol. The van der Waals surface area contributed by atoms with Crippen LogP contribution in [0.4, 0.5) is 5.69 Å². The summed E-state index contributed by atoms with van der Waals surface area (Å²) in [5, 5.41) is 10.5. The van der Waals surface area contributed by atoms with Gasteiger partial charge in [-0.2, -0.15) is 5.10 Å². The average molecular weight is 340 g/mol. The Balaban J connectivity index is 1.76. The molecule has 0 spiro atoms. The maximum atomic E-state index is 12.4. The van der Waals surface area contributed by atoms with E-state index in [0.717, 1.165) is 11.3 Å². The smallest absolute Gasteiger partial charge is 0.273 e.